The maximum atomic E-state index is 5.61. The Morgan fingerprint density at radius 3 is 2.94 bits per heavy atom. The van der Waals surface area contributed by atoms with Gasteiger partial charge in [0.05, 0.1) is 21.9 Å². The Morgan fingerprint density at radius 1 is 1.61 bits per heavy atom. The van der Waals surface area contributed by atoms with Crippen molar-refractivity contribution in [2.24, 2.45) is 5.84 Å². The molecule has 1 unspecified atom stereocenters. The first kappa shape index (κ1) is 13.3. The molecule has 0 saturated heterocycles. The van der Waals surface area contributed by atoms with E-state index in [1.807, 2.05) is 11.6 Å². The van der Waals surface area contributed by atoms with Crippen LogP contribution in [0.25, 0.3) is 0 Å². The highest BCUT2D eigenvalue weighted by Gasteiger charge is 2.19. The lowest BCUT2D eigenvalue weighted by Gasteiger charge is -2.14. The fourth-order valence-corrected chi connectivity index (χ4v) is 2.41. The summed E-state index contributed by atoms with van der Waals surface area (Å²) in [4.78, 5) is 7.31. The summed E-state index contributed by atoms with van der Waals surface area (Å²) >= 11 is 3.58. The van der Waals surface area contributed by atoms with Crippen LogP contribution < -0.4 is 11.3 Å². The minimum atomic E-state index is -0.0577. The van der Waals surface area contributed by atoms with E-state index >= 15 is 0 Å². The molecule has 0 aliphatic rings. The van der Waals surface area contributed by atoms with Gasteiger partial charge in [-0.3, -0.25) is 10.5 Å². The quantitative estimate of drug-likeness (QED) is 0.576. The lowest BCUT2D eigenvalue weighted by atomic mass is 10.1. The van der Waals surface area contributed by atoms with E-state index in [1.54, 1.807) is 12.4 Å². The molecule has 0 saturated carbocycles. The van der Waals surface area contributed by atoms with Crippen molar-refractivity contribution < 1.29 is 0 Å². The van der Waals surface area contributed by atoms with Crippen LogP contribution in [0.5, 0.6) is 0 Å². The second-order valence-electron chi connectivity index (χ2n) is 4.06. The van der Waals surface area contributed by atoms with Crippen molar-refractivity contribution in [3.63, 3.8) is 0 Å². The van der Waals surface area contributed by atoms with Crippen LogP contribution in [0, 0.1) is 6.92 Å². The number of aryl methyl sites for hydroxylation is 2. The number of nitrogens with one attached hydrogen (secondary N) is 2. The van der Waals surface area contributed by atoms with Crippen molar-refractivity contribution in [2.45, 2.75) is 32.9 Å². The van der Waals surface area contributed by atoms with Crippen LogP contribution in [0.1, 0.15) is 30.2 Å². The van der Waals surface area contributed by atoms with Gasteiger partial charge in [0.2, 0.25) is 0 Å². The average Bonchev–Trinajstić information content (AvgIpc) is 2.98. The topological polar surface area (TPSA) is 84.6 Å². The van der Waals surface area contributed by atoms with E-state index in [-0.39, 0.29) is 6.04 Å². The molecule has 1 atom stereocenters. The van der Waals surface area contributed by atoms with Gasteiger partial charge in [0.1, 0.15) is 5.82 Å². The van der Waals surface area contributed by atoms with Crippen LogP contribution in [0.4, 0.5) is 0 Å². The van der Waals surface area contributed by atoms with Crippen molar-refractivity contribution in [1.29, 1.82) is 0 Å². The average molecular weight is 313 g/mol. The van der Waals surface area contributed by atoms with Gasteiger partial charge in [0.15, 0.2) is 0 Å². The smallest absolute Gasteiger partial charge is 0.124 e. The highest BCUT2D eigenvalue weighted by molar-refractivity contribution is 9.10. The molecule has 2 aromatic rings. The van der Waals surface area contributed by atoms with E-state index in [4.69, 9.17) is 5.84 Å². The van der Waals surface area contributed by atoms with Crippen LogP contribution in [0.3, 0.4) is 0 Å². The predicted molar refractivity (Wildman–Crippen MR) is 72.7 cm³/mol. The van der Waals surface area contributed by atoms with Crippen molar-refractivity contribution in [3.05, 3.63) is 34.1 Å². The zero-order valence-electron chi connectivity index (χ0n) is 10.4. The van der Waals surface area contributed by atoms with E-state index in [9.17, 15) is 0 Å². The number of aromatic nitrogens is 4. The van der Waals surface area contributed by atoms with E-state index < -0.39 is 0 Å². The zero-order valence-corrected chi connectivity index (χ0v) is 12.0. The number of rotatable bonds is 5. The summed E-state index contributed by atoms with van der Waals surface area (Å²) in [5, 5.41) is 4.47. The summed E-state index contributed by atoms with van der Waals surface area (Å²) in [6.07, 6.45) is 4.23. The molecule has 0 amide bonds. The summed E-state index contributed by atoms with van der Waals surface area (Å²) in [5.41, 5.74) is 4.89. The van der Waals surface area contributed by atoms with Crippen molar-refractivity contribution >= 4 is 15.9 Å². The molecular formula is C11H17BrN6. The fourth-order valence-electron chi connectivity index (χ4n) is 1.96. The number of halogens is 1. The summed E-state index contributed by atoms with van der Waals surface area (Å²) in [6, 6.07) is -0.0577. The van der Waals surface area contributed by atoms with Crippen molar-refractivity contribution in [3.8, 4) is 0 Å². The number of nitrogens with zero attached hydrogens (tertiary/aromatic N) is 3. The van der Waals surface area contributed by atoms with E-state index in [2.05, 4.69) is 43.3 Å². The highest BCUT2D eigenvalue weighted by atomic mass is 79.9. The Hall–Kier alpha value is -1.18. The lowest BCUT2D eigenvalue weighted by molar-refractivity contribution is 0.498. The van der Waals surface area contributed by atoms with Gasteiger partial charge in [-0.1, -0.05) is 0 Å². The van der Waals surface area contributed by atoms with Gasteiger partial charge in [-0.05, 0) is 29.8 Å². The molecular weight excluding hydrogens is 296 g/mol. The Labute approximate surface area is 114 Å². The number of nitrogens with two attached hydrogens (primary N) is 1. The van der Waals surface area contributed by atoms with Gasteiger partial charge in [-0.25, -0.2) is 10.4 Å². The molecule has 0 fully saturated rings. The lowest BCUT2D eigenvalue weighted by Crippen LogP contribution is -2.31. The van der Waals surface area contributed by atoms with E-state index in [0.29, 0.717) is 0 Å². The summed E-state index contributed by atoms with van der Waals surface area (Å²) in [5.74, 6) is 6.43. The van der Waals surface area contributed by atoms with Gasteiger partial charge >= 0.3 is 0 Å². The van der Waals surface area contributed by atoms with Crippen molar-refractivity contribution in [2.75, 3.05) is 0 Å². The minimum Gasteiger partial charge on any atom is -0.347 e. The van der Waals surface area contributed by atoms with Gasteiger partial charge in [0.25, 0.3) is 0 Å². The zero-order chi connectivity index (χ0) is 13.1. The number of imidazole rings is 1. The summed E-state index contributed by atoms with van der Waals surface area (Å²) in [6.45, 7) is 4.88. The Morgan fingerprint density at radius 2 is 2.39 bits per heavy atom. The first-order chi connectivity index (χ1) is 8.67. The number of hydrazine groups is 1. The number of aromatic amines is 1. The fraction of sp³-hybridized carbons (Fsp3) is 0.455. The van der Waals surface area contributed by atoms with Gasteiger partial charge in [-0.2, -0.15) is 5.10 Å². The molecule has 0 aliphatic heterocycles. The molecule has 0 aromatic carbocycles. The molecule has 0 radical (unpaired) electrons. The molecule has 0 aliphatic carbocycles. The van der Waals surface area contributed by atoms with Crippen LogP contribution >= 0.6 is 15.9 Å². The molecule has 18 heavy (non-hydrogen) atoms. The molecule has 2 rings (SSSR count). The summed E-state index contributed by atoms with van der Waals surface area (Å²) < 4.78 is 3.02. The molecule has 6 nitrogen and oxygen atoms in total. The van der Waals surface area contributed by atoms with Gasteiger partial charge < -0.3 is 4.98 Å². The highest BCUT2D eigenvalue weighted by Crippen LogP contribution is 2.25. The third-order valence-electron chi connectivity index (χ3n) is 2.90. The molecule has 98 valence electrons. The standard InChI is InChI=1S/C11H17BrN6/c1-3-18-9(10(12)7(2)17-18)6-8(16-13)11-14-4-5-15-11/h4-5,8,16H,3,6,13H2,1-2H3,(H,14,15). The maximum absolute atomic E-state index is 5.61. The molecule has 4 N–H and O–H groups in total. The third-order valence-corrected chi connectivity index (χ3v) is 3.93. The Bertz CT molecular complexity index is 504. The molecule has 2 aromatic heterocycles. The number of hydrogen-bond acceptors (Lipinski definition) is 4. The first-order valence-corrected chi connectivity index (χ1v) is 6.63. The Kier molecular flexibility index (Phi) is 4.15. The van der Waals surface area contributed by atoms with Crippen LogP contribution in [0.15, 0.2) is 16.9 Å². The monoisotopic (exact) mass is 312 g/mol. The minimum absolute atomic E-state index is 0.0577. The third kappa shape index (κ3) is 2.47. The SMILES string of the molecule is CCn1nc(C)c(Br)c1CC(NN)c1ncc[nH]1. The number of H-pyrrole nitrogens is 1. The van der Waals surface area contributed by atoms with Crippen LogP contribution in [0.2, 0.25) is 0 Å². The largest absolute Gasteiger partial charge is 0.347 e. The number of hydrogen-bond donors (Lipinski definition) is 3. The maximum Gasteiger partial charge on any atom is 0.124 e. The normalized spacial score (nSPS) is 12.9. The first-order valence-electron chi connectivity index (χ1n) is 5.84. The Balaban J connectivity index is 2.27. The molecule has 0 bridgehead atoms. The predicted octanol–water partition coefficient (Wildman–Crippen LogP) is 1.44. The van der Waals surface area contributed by atoms with Crippen molar-refractivity contribution in [1.82, 2.24) is 25.2 Å². The van der Waals surface area contributed by atoms with Crippen LogP contribution in [-0.4, -0.2) is 19.7 Å². The second-order valence-corrected chi connectivity index (χ2v) is 4.85. The molecule has 2 heterocycles. The van der Waals surface area contributed by atoms with Gasteiger partial charge in [0, 0.05) is 25.4 Å². The molecule has 0 spiro atoms. The summed E-state index contributed by atoms with van der Waals surface area (Å²) in [7, 11) is 0. The second kappa shape index (κ2) is 5.64. The van der Waals surface area contributed by atoms with E-state index in [1.165, 1.54) is 0 Å². The van der Waals surface area contributed by atoms with Crippen LogP contribution in [-0.2, 0) is 13.0 Å². The van der Waals surface area contributed by atoms with Gasteiger partial charge in [-0.15, -0.1) is 0 Å². The molecule has 7 heteroatoms. The van der Waals surface area contributed by atoms with E-state index in [0.717, 1.165) is 34.7 Å².